The van der Waals surface area contributed by atoms with E-state index in [0.29, 0.717) is 13.0 Å². The van der Waals surface area contributed by atoms with Gasteiger partial charge < -0.3 is 20.5 Å². The summed E-state index contributed by atoms with van der Waals surface area (Å²) in [6.07, 6.45) is 2.08. The van der Waals surface area contributed by atoms with Crippen molar-refractivity contribution in [3.63, 3.8) is 0 Å². The number of benzene rings is 1. The lowest BCUT2D eigenvalue weighted by Crippen LogP contribution is -2.33. The largest absolute Gasteiger partial charge is 0.390 e. The summed E-state index contributed by atoms with van der Waals surface area (Å²) in [6.45, 7) is 2.22. The van der Waals surface area contributed by atoms with E-state index in [0.717, 1.165) is 22.3 Å². The predicted octanol–water partition coefficient (Wildman–Crippen LogP) is 1.90. The van der Waals surface area contributed by atoms with E-state index in [9.17, 15) is 14.6 Å². The van der Waals surface area contributed by atoms with Crippen LogP contribution in [0.1, 0.15) is 29.6 Å². The second kappa shape index (κ2) is 6.99. The number of aliphatic hydroxyl groups excluding tert-OH is 2. The predicted molar refractivity (Wildman–Crippen MR) is 99.6 cm³/mol. The van der Waals surface area contributed by atoms with Gasteiger partial charge in [0.1, 0.15) is 23.9 Å². The molecule has 2 heterocycles. The van der Waals surface area contributed by atoms with E-state index >= 15 is 0 Å². The lowest BCUT2D eigenvalue weighted by molar-refractivity contribution is 0.00238. The number of aryl methyl sites for hydroxylation is 1. The van der Waals surface area contributed by atoms with Crippen molar-refractivity contribution in [2.45, 2.75) is 37.5 Å². The van der Waals surface area contributed by atoms with Crippen LogP contribution in [0.25, 0.3) is 11.0 Å². The second-order valence-corrected chi connectivity index (χ2v) is 7.26. The van der Waals surface area contributed by atoms with E-state index in [1.807, 2.05) is 23.8 Å². The van der Waals surface area contributed by atoms with Gasteiger partial charge in [0.25, 0.3) is 0 Å². The van der Waals surface area contributed by atoms with Gasteiger partial charge in [0, 0.05) is 17.5 Å². The molecule has 1 fully saturated rings. The third-order valence-electron chi connectivity index (χ3n) is 5.83. The quantitative estimate of drug-likeness (QED) is 0.652. The molecule has 0 bridgehead atoms. The van der Waals surface area contributed by atoms with Gasteiger partial charge in [0.2, 0.25) is 0 Å². The standard InChI is InChI=1S/C20H23FN4O2/c1-11-14-6-7-25(20(14)24-10-23-11)17-8-15(18(26)19(17)27)16(9-22)12-2-4-13(21)5-3-12/h2-7,10,15-19,26-27H,8-9,22H2,1H3/t15-,16+,17+,18+,19-/m0/s1. The topological polar surface area (TPSA) is 97.2 Å². The molecule has 4 rings (SSSR count). The Bertz CT molecular complexity index is 943. The summed E-state index contributed by atoms with van der Waals surface area (Å²) in [5.41, 5.74) is 8.47. The van der Waals surface area contributed by atoms with Crippen LogP contribution in [0.4, 0.5) is 4.39 Å². The van der Waals surface area contributed by atoms with Crippen LogP contribution in [-0.4, -0.2) is 43.5 Å². The number of rotatable bonds is 4. The first-order chi connectivity index (χ1) is 13.0. The molecule has 1 aliphatic carbocycles. The van der Waals surface area contributed by atoms with Crippen LogP contribution >= 0.6 is 0 Å². The average molecular weight is 370 g/mol. The minimum absolute atomic E-state index is 0.168. The maximum Gasteiger partial charge on any atom is 0.143 e. The monoisotopic (exact) mass is 370 g/mol. The van der Waals surface area contributed by atoms with Crippen molar-refractivity contribution in [3.05, 3.63) is 59.9 Å². The Kier molecular flexibility index (Phi) is 4.67. The van der Waals surface area contributed by atoms with Crippen molar-refractivity contribution in [1.29, 1.82) is 0 Å². The van der Waals surface area contributed by atoms with Crippen LogP contribution in [0.5, 0.6) is 0 Å². The molecule has 4 N–H and O–H groups in total. The molecule has 2 aromatic heterocycles. The number of nitrogens with zero attached hydrogens (tertiary/aromatic N) is 3. The molecule has 1 aromatic carbocycles. The molecule has 0 aliphatic heterocycles. The molecule has 0 amide bonds. The van der Waals surface area contributed by atoms with Crippen molar-refractivity contribution in [2.75, 3.05) is 6.54 Å². The molecule has 1 aliphatic rings. The molecule has 7 heteroatoms. The maximum atomic E-state index is 13.3. The van der Waals surface area contributed by atoms with E-state index in [1.165, 1.54) is 18.5 Å². The lowest BCUT2D eigenvalue weighted by Gasteiger charge is -2.25. The van der Waals surface area contributed by atoms with Crippen molar-refractivity contribution in [1.82, 2.24) is 14.5 Å². The van der Waals surface area contributed by atoms with E-state index in [4.69, 9.17) is 5.73 Å². The zero-order valence-electron chi connectivity index (χ0n) is 15.0. The smallest absolute Gasteiger partial charge is 0.143 e. The van der Waals surface area contributed by atoms with Crippen LogP contribution in [-0.2, 0) is 0 Å². The zero-order chi connectivity index (χ0) is 19.1. The average Bonchev–Trinajstić information content (AvgIpc) is 3.21. The number of aromatic nitrogens is 3. The second-order valence-electron chi connectivity index (χ2n) is 7.26. The fraction of sp³-hybridized carbons (Fsp3) is 0.400. The number of nitrogens with two attached hydrogens (primary N) is 1. The fourth-order valence-corrected chi connectivity index (χ4v) is 4.35. The minimum Gasteiger partial charge on any atom is -0.390 e. The van der Waals surface area contributed by atoms with Gasteiger partial charge in [0.05, 0.1) is 17.8 Å². The van der Waals surface area contributed by atoms with Gasteiger partial charge in [0.15, 0.2) is 0 Å². The number of fused-ring (bicyclic) bond motifs is 1. The van der Waals surface area contributed by atoms with Crippen molar-refractivity contribution < 1.29 is 14.6 Å². The summed E-state index contributed by atoms with van der Waals surface area (Å²) in [4.78, 5) is 8.56. The molecule has 0 unspecified atom stereocenters. The Labute approximate surface area is 156 Å². The number of hydrogen-bond acceptors (Lipinski definition) is 5. The highest BCUT2D eigenvalue weighted by Crippen LogP contribution is 2.43. The molecular weight excluding hydrogens is 347 g/mol. The van der Waals surface area contributed by atoms with Crippen LogP contribution in [0.15, 0.2) is 42.9 Å². The van der Waals surface area contributed by atoms with E-state index < -0.39 is 12.2 Å². The van der Waals surface area contributed by atoms with Gasteiger partial charge in [-0.25, -0.2) is 14.4 Å². The summed E-state index contributed by atoms with van der Waals surface area (Å²) in [6, 6.07) is 7.80. The molecule has 0 saturated heterocycles. The van der Waals surface area contributed by atoms with Crippen molar-refractivity contribution in [3.8, 4) is 0 Å². The summed E-state index contributed by atoms with van der Waals surface area (Å²) in [7, 11) is 0. The van der Waals surface area contributed by atoms with Gasteiger partial charge in [-0.15, -0.1) is 0 Å². The molecule has 3 aromatic rings. The molecule has 0 spiro atoms. The van der Waals surface area contributed by atoms with Crippen LogP contribution in [0, 0.1) is 18.7 Å². The molecule has 6 nitrogen and oxygen atoms in total. The Morgan fingerprint density at radius 2 is 1.93 bits per heavy atom. The first-order valence-electron chi connectivity index (χ1n) is 9.11. The van der Waals surface area contributed by atoms with Crippen LogP contribution in [0.2, 0.25) is 0 Å². The van der Waals surface area contributed by atoms with Gasteiger partial charge in [-0.05, 0) is 49.6 Å². The third-order valence-corrected chi connectivity index (χ3v) is 5.83. The summed E-state index contributed by atoms with van der Waals surface area (Å²) < 4.78 is 15.2. The van der Waals surface area contributed by atoms with Gasteiger partial charge >= 0.3 is 0 Å². The highest BCUT2D eigenvalue weighted by Gasteiger charge is 2.46. The molecule has 1 saturated carbocycles. The zero-order valence-corrected chi connectivity index (χ0v) is 15.0. The summed E-state index contributed by atoms with van der Waals surface area (Å²) >= 11 is 0. The van der Waals surface area contributed by atoms with Crippen LogP contribution < -0.4 is 5.73 Å². The Morgan fingerprint density at radius 1 is 1.19 bits per heavy atom. The van der Waals surface area contributed by atoms with Crippen LogP contribution in [0.3, 0.4) is 0 Å². The minimum atomic E-state index is -0.935. The van der Waals surface area contributed by atoms with Crippen molar-refractivity contribution >= 4 is 11.0 Å². The highest BCUT2D eigenvalue weighted by atomic mass is 19.1. The SMILES string of the molecule is Cc1ncnc2c1ccn2[C@@H]1C[C@@H]([C@H](CN)c2ccc(F)cc2)[C@@H](O)[C@H]1O. The Morgan fingerprint density at radius 3 is 2.63 bits per heavy atom. The number of halogens is 1. The first-order valence-corrected chi connectivity index (χ1v) is 9.11. The maximum absolute atomic E-state index is 13.3. The van der Waals surface area contributed by atoms with Gasteiger partial charge in [-0.3, -0.25) is 0 Å². The Balaban J connectivity index is 1.67. The number of aliphatic hydroxyl groups is 2. The first kappa shape index (κ1) is 18.0. The highest BCUT2D eigenvalue weighted by molar-refractivity contribution is 5.78. The molecule has 5 atom stereocenters. The van der Waals surface area contributed by atoms with E-state index in [1.54, 1.807) is 12.1 Å². The van der Waals surface area contributed by atoms with Gasteiger partial charge in [-0.1, -0.05) is 12.1 Å². The fourth-order valence-electron chi connectivity index (χ4n) is 4.35. The van der Waals surface area contributed by atoms with Gasteiger partial charge in [-0.2, -0.15) is 0 Å². The molecule has 27 heavy (non-hydrogen) atoms. The molecule has 0 radical (unpaired) electrons. The summed E-state index contributed by atoms with van der Waals surface area (Å²) in [5, 5.41) is 22.4. The Hall–Kier alpha value is -2.35. The molecular formula is C20H23FN4O2. The van der Waals surface area contributed by atoms with E-state index in [-0.39, 0.29) is 23.7 Å². The molecule has 142 valence electrons. The number of hydrogen-bond donors (Lipinski definition) is 3. The third kappa shape index (κ3) is 3.01. The summed E-state index contributed by atoms with van der Waals surface area (Å²) in [5.74, 6) is -0.715. The van der Waals surface area contributed by atoms with E-state index in [2.05, 4.69) is 9.97 Å². The lowest BCUT2D eigenvalue weighted by atomic mass is 9.83. The van der Waals surface area contributed by atoms with Crippen molar-refractivity contribution in [2.24, 2.45) is 11.7 Å². The normalized spacial score (nSPS) is 26.6.